The minimum absolute atomic E-state index is 0.169. The number of anilines is 2. The molecule has 1 saturated heterocycles. The molecule has 1 N–H and O–H groups in total. The summed E-state index contributed by atoms with van der Waals surface area (Å²) >= 11 is 0. The number of nitrogens with zero attached hydrogens (tertiary/aromatic N) is 4. The number of aromatic nitrogens is 3. The maximum atomic E-state index is 14.0. The Bertz CT molecular complexity index is 853. The van der Waals surface area contributed by atoms with E-state index < -0.39 is 0 Å². The first-order valence-electron chi connectivity index (χ1n) is 8.13. The predicted octanol–water partition coefficient (Wildman–Crippen LogP) is 3.24. The minimum atomic E-state index is -0.169. The molecule has 0 saturated carbocycles. The molecule has 3 aromatic rings. The van der Waals surface area contributed by atoms with Crippen LogP contribution in [0, 0.1) is 5.82 Å². The number of benzene rings is 1. The summed E-state index contributed by atoms with van der Waals surface area (Å²) in [5.41, 5.74) is 2.07. The van der Waals surface area contributed by atoms with Crippen molar-refractivity contribution in [3.05, 3.63) is 54.6 Å². The van der Waals surface area contributed by atoms with Crippen LogP contribution in [0.3, 0.4) is 0 Å². The molecule has 0 bridgehead atoms. The van der Waals surface area contributed by atoms with Crippen molar-refractivity contribution in [1.82, 2.24) is 15.0 Å². The number of hydrogen-bond donors (Lipinski definition) is 1. The van der Waals surface area contributed by atoms with Crippen molar-refractivity contribution in [2.45, 2.75) is 18.9 Å². The molecule has 1 unspecified atom stereocenters. The Balaban J connectivity index is 1.50. The Labute approximate surface area is 139 Å². The van der Waals surface area contributed by atoms with Crippen LogP contribution in [0.5, 0.6) is 0 Å². The fraction of sp³-hybridized carbons (Fsp3) is 0.278. The molecule has 0 aliphatic carbocycles. The summed E-state index contributed by atoms with van der Waals surface area (Å²) in [6.07, 6.45) is 5.34. The Hall–Kier alpha value is -2.76. The molecule has 2 aromatic heterocycles. The molecular formula is C18H18FN5. The van der Waals surface area contributed by atoms with E-state index in [1.165, 1.54) is 6.07 Å². The van der Waals surface area contributed by atoms with Crippen LogP contribution >= 0.6 is 0 Å². The van der Waals surface area contributed by atoms with Gasteiger partial charge in [-0.25, -0.2) is 14.4 Å². The number of nitrogens with one attached hydrogen (secondary N) is 1. The number of pyridine rings is 1. The summed E-state index contributed by atoms with van der Waals surface area (Å²) in [6, 6.07) is 11.0. The molecule has 0 radical (unpaired) electrons. The van der Waals surface area contributed by atoms with Gasteiger partial charge in [0.1, 0.15) is 17.2 Å². The number of rotatable bonds is 3. The number of hydrogen-bond acceptors (Lipinski definition) is 5. The third kappa shape index (κ3) is 2.99. The molecule has 0 amide bonds. The largest absolute Gasteiger partial charge is 0.367 e. The van der Waals surface area contributed by atoms with Crippen molar-refractivity contribution in [1.29, 1.82) is 0 Å². The lowest BCUT2D eigenvalue weighted by Crippen LogP contribution is -2.42. The van der Waals surface area contributed by atoms with E-state index >= 15 is 0 Å². The molecule has 3 heterocycles. The van der Waals surface area contributed by atoms with Gasteiger partial charge in [0.25, 0.3) is 0 Å². The van der Waals surface area contributed by atoms with Gasteiger partial charge >= 0.3 is 0 Å². The summed E-state index contributed by atoms with van der Waals surface area (Å²) in [7, 11) is 0. The van der Waals surface area contributed by atoms with E-state index in [-0.39, 0.29) is 11.9 Å². The molecule has 24 heavy (non-hydrogen) atoms. The third-order valence-electron chi connectivity index (χ3n) is 4.30. The molecule has 1 aromatic carbocycles. The van der Waals surface area contributed by atoms with Crippen molar-refractivity contribution < 1.29 is 4.39 Å². The third-order valence-corrected chi connectivity index (χ3v) is 4.30. The Morgan fingerprint density at radius 1 is 1.08 bits per heavy atom. The second-order valence-electron chi connectivity index (χ2n) is 5.98. The van der Waals surface area contributed by atoms with Crippen LogP contribution in [0.4, 0.5) is 15.9 Å². The van der Waals surface area contributed by atoms with Crippen molar-refractivity contribution in [2.75, 3.05) is 23.3 Å². The Morgan fingerprint density at radius 2 is 1.96 bits per heavy atom. The highest BCUT2D eigenvalue weighted by atomic mass is 19.1. The van der Waals surface area contributed by atoms with Gasteiger partial charge in [0.2, 0.25) is 0 Å². The second-order valence-corrected chi connectivity index (χ2v) is 5.98. The van der Waals surface area contributed by atoms with Gasteiger partial charge in [-0.15, -0.1) is 0 Å². The lowest BCUT2D eigenvalue weighted by atomic mass is 10.0. The van der Waals surface area contributed by atoms with Gasteiger partial charge in [0.15, 0.2) is 5.65 Å². The van der Waals surface area contributed by atoms with Crippen LogP contribution in [0.2, 0.25) is 0 Å². The number of halogens is 1. The van der Waals surface area contributed by atoms with Gasteiger partial charge < -0.3 is 10.2 Å². The first kappa shape index (κ1) is 14.8. The average Bonchev–Trinajstić information content (AvgIpc) is 2.62. The fourth-order valence-corrected chi connectivity index (χ4v) is 3.17. The quantitative estimate of drug-likeness (QED) is 0.802. The first-order chi connectivity index (χ1) is 11.8. The van der Waals surface area contributed by atoms with Crippen LogP contribution in [0.15, 0.2) is 48.8 Å². The first-order valence-corrected chi connectivity index (χ1v) is 8.13. The standard InChI is InChI=1S/C18H18FN5/c19-14-5-1-2-6-16(14)24-11-3-4-13(12-24)22-17-8-7-15-18(23-17)21-10-9-20-15/h1-2,5-10,13H,3-4,11-12H2,(H,21,22,23). The van der Waals surface area contributed by atoms with Crippen LogP contribution in [-0.2, 0) is 0 Å². The minimum Gasteiger partial charge on any atom is -0.367 e. The zero-order valence-corrected chi connectivity index (χ0v) is 13.2. The van der Waals surface area contributed by atoms with E-state index in [0.29, 0.717) is 11.3 Å². The fourth-order valence-electron chi connectivity index (χ4n) is 3.17. The normalized spacial score (nSPS) is 17.9. The Morgan fingerprint density at radius 3 is 2.88 bits per heavy atom. The van der Waals surface area contributed by atoms with E-state index in [9.17, 15) is 4.39 Å². The molecule has 4 rings (SSSR count). The highest BCUT2D eigenvalue weighted by Gasteiger charge is 2.22. The van der Waals surface area contributed by atoms with E-state index in [4.69, 9.17) is 0 Å². The number of piperidine rings is 1. The maximum Gasteiger partial charge on any atom is 0.180 e. The van der Waals surface area contributed by atoms with Crippen LogP contribution < -0.4 is 10.2 Å². The zero-order chi connectivity index (χ0) is 16.4. The predicted molar refractivity (Wildman–Crippen MR) is 92.6 cm³/mol. The molecular weight excluding hydrogens is 305 g/mol. The highest BCUT2D eigenvalue weighted by Crippen LogP contribution is 2.24. The van der Waals surface area contributed by atoms with Crippen molar-refractivity contribution in [3.63, 3.8) is 0 Å². The van der Waals surface area contributed by atoms with Gasteiger partial charge in [0, 0.05) is 31.5 Å². The van der Waals surface area contributed by atoms with Crippen molar-refractivity contribution in [3.8, 4) is 0 Å². The summed E-state index contributed by atoms with van der Waals surface area (Å²) in [4.78, 5) is 15.1. The monoisotopic (exact) mass is 323 g/mol. The molecule has 5 nitrogen and oxygen atoms in total. The molecule has 6 heteroatoms. The average molecular weight is 323 g/mol. The second kappa shape index (κ2) is 6.39. The lowest BCUT2D eigenvalue weighted by Gasteiger charge is -2.35. The van der Waals surface area contributed by atoms with Crippen molar-refractivity contribution in [2.24, 2.45) is 0 Å². The van der Waals surface area contributed by atoms with E-state index in [2.05, 4.69) is 25.2 Å². The molecule has 1 aliphatic heterocycles. The smallest absolute Gasteiger partial charge is 0.180 e. The molecule has 0 spiro atoms. The maximum absolute atomic E-state index is 14.0. The summed E-state index contributed by atoms with van der Waals surface area (Å²) in [6.45, 7) is 1.62. The lowest BCUT2D eigenvalue weighted by molar-refractivity contribution is 0.518. The molecule has 1 fully saturated rings. The SMILES string of the molecule is Fc1ccccc1N1CCCC(Nc2ccc3nccnc3n2)C1. The summed E-state index contributed by atoms with van der Waals surface area (Å²) in [5, 5.41) is 3.45. The topological polar surface area (TPSA) is 53.9 Å². The van der Waals surface area contributed by atoms with E-state index in [1.54, 1.807) is 18.5 Å². The highest BCUT2D eigenvalue weighted by molar-refractivity contribution is 5.71. The van der Waals surface area contributed by atoms with Gasteiger partial charge in [-0.1, -0.05) is 12.1 Å². The number of fused-ring (bicyclic) bond motifs is 1. The van der Waals surface area contributed by atoms with Gasteiger partial charge in [-0.3, -0.25) is 4.98 Å². The van der Waals surface area contributed by atoms with Crippen LogP contribution in [0.25, 0.3) is 11.2 Å². The summed E-state index contributed by atoms with van der Waals surface area (Å²) < 4.78 is 14.0. The molecule has 1 atom stereocenters. The van der Waals surface area contributed by atoms with Crippen LogP contribution in [0.1, 0.15) is 12.8 Å². The Kier molecular flexibility index (Phi) is 3.94. The van der Waals surface area contributed by atoms with Gasteiger partial charge in [0.05, 0.1) is 5.69 Å². The van der Waals surface area contributed by atoms with E-state index in [1.807, 2.05) is 24.3 Å². The van der Waals surface area contributed by atoms with Gasteiger partial charge in [-0.2, -0.15) is 0 Å². The zero-order valence-electron chi connectivity index (χ0n) is 13.2. The van der Waals surface area contributed by atoms with Crippen LogP contribution in [-0.4, -0.2) is 34.1 Å². The molecule has 122 valence electrons. The van der Waals surface area contributed by atoms with Gasteiger partial charge in [-0.05, 0) is 37.1 Å². The molecule has 1 aliphatic rings. The van der Waals surface area contributed by atoms with E-state index in [0.717, 1.165) is 37.3 Å². The number of para-hydroxylation sites is 1. The summed E-state index contributed by atoms with van der Waals surface area (Å²) in [5.74, 6) is 0.612. The van der Waals surface area contributed by atoms with Crippen molar-refractivity contribution >= 4 is 22.7 Å².